The van der Waals surface area contributed by atoms with Gasteiger partial charge in [-0.05, 0) is 13.3 Å². The molecule has 0 aliphatic rings. The lowest BCUT2D eigenvalue weighted by molar-refractivity contribution is -0.117. The van der Waals surface area contributed by atoms with Crippen LogP contribution in [0.5, 0.6) is 0 Å². The molecule has 0 aromatic rings. The molecule has 0 aliphatic carbocycles. The van der Waals surface area contributed by atoms with Crippen LogP contribution in [-0.2, 0) is 4.79 Å². The van der Waals surface area contributed by atoms with Crippen LogP contribution >= 0.6 is 11.6 Å². The van der Waals surface area contributed by atoms with Gasteiger partial charge in [0.25, 0.3) is 0 Å². The lowest BCUT2D eigenvalue weighted by Crippen LogP contribution is -1.86. The lowest BCUT2D eigenvalue weighted by Gasteiger charge is -1.86. The zero-order valence-electron chi connectivity index (χ0n) is 7.11. The Hall–Kier alpha value is -0.0400. The van der Waals surface area contributed by atoms with Crippen LogP contribution in [0.25, 0.3) is 0 Å². The van der Waals surface area contributed by atoms with Crippen molar-refractivity contribution < 1.29 is 4.79 Å². The summed E-state index contributed by atoms with van der Waals surface area (Å²) in [7, 11) is 0. The number of halogens is 1. The van der Waals surface area contributed by atoms with Crippen molar-refractivity contribution in [3.8, 4) is 0 Å². The molecule has 0 saturated carbocycles. The molecule has 0 aromatic carbocycles. The Kier molecular flexibility index (Phi) is 14.8. The molecule has 0 radical (unpaired) electrons. The van der Waals surface area contributed by atoms with E-state index < -0.39 is 0 Å². The summed E-state index contributed by atoms with van der Waals surface area (Å²) < 4.78 is 0. The fourth-order valence-electron chi connectivity index (χ4n) is 0.426. The summed E-state index contributed by atoms with van der Waals surface area (Å²) in [6.45, 7) is 5.61. The van der Waals surface area contributed by atoms with E-state index in [0.29, 0.717) is 5.78 Å². The van der Waals surface area contributed by atoms with Gasteiger partial charge in [-0.2, -0.15) is 0 Å². The van der Waals surface area contributed by atoms with Crippen molar-refractivity contribution in [1.29, 1.82) is 0 Å². The predicted octanol–water partition coefficient (Wildman–Crippen LogP) is 3.01. The highest BCUT2D eigenvalue weighted by Crippen LogP contribution is 1.92. The fraction of sp³-hybridized carbons (Fsp3) is 0.875. The van der Waals surface area contributed by atoms with E-state index >= 15 is 0 Å². The van der Waals surface area contributed by atoms with Gasteiger partial charge < -0.3 is 4.79 Å². The molecule has 0 heterocycles. The number of ketones is 1. The first kappa shape index (κ1) is 12.6. The van der Waals surface area contributed by atoms with Crippen molar-refractivity contribution in [3.05, 3.63) is 0 Å². The average Bonchev–Trinajstić information content (AvgIpc) is 1.85. The number of unbranched alkanes of at least 4 members (excludes halogenated alkanes) is 1. The van der Waals surface area contributed by atoms with E-state index in [1.54, 1.807) is 6.92 Å². The number of rotatable bonds is 3. The van der Waals surface area contributed by atoms with Gasteiger partial charge in [0.05, 0.1) is 0 Å². The lowest BCUT2D eigenvalue weighted by atomic mass is 10.2. The first-order valence-corrected chi connectivity index (χ1v) is 4.27. The Morgan fingerprint density at radius 2 is 1.80 bits per heavy atom. The molecule has 0 saturated heterocycles. The number of hydrogen-bond donors (Lipinski definition) is 0. The van der Waals surface area contributed by atoms with Crippen molar-refractivity contribution in [2.75, 3.05) is 5.88 Å². The summed E-state index contributed by atoms with van der Waals surface area (Å²) >= 11 is 5.00. The highest BCUT2D eigenvalue weighted by atomic mass is 35.5. The third-order valence-electron chi connectivity index (χ3n) is 0.882. The molecule has 1 nitrogen and oxygen atoms in total. The minimum absolute atomic E-state index is 0.307. The quantitative estimate of drug-likeness (QED) is 0.587. The van der Waals surface area contributed by atoms with Crippen molar-refractivity contribution in [2.24, 2.45) is 0 Å². The predicted molar refractivity (Wildman–Crippen MR) is 46.6 cm³/mol. The molecule has 0 aromatic heterocycles. The Labute approximate surface area is 68.8 Å². The highest BCUT2D eigenvalue weighted by Gasteiger charge is 1.87. The van der Waals surface area contributed by atoms with Gasteiger partial charge in [-0.3, -0.25) is 0 Å². The van der Waals surface area contributed by atoms with Gasteiger partial charge in [0.1, 0.15) is 5.78 Å². The molecule has 62 valence electrons. The maximum Gasteiger partial charge on any atom is 0.129 e. The molecular weight excluding hydrogens is 148 g/mol. The molecule has 0 amide bonds. The van der Waals surface area contributed by atoms with Crippen LogP contribution in [0.2, 0.25) is 0 Å². The van der Waals surface area contributed by atoms with E-state index in [4.69, 9.17) is 11.6 Å². The molecule has 0 N–H and O–H groups in total. The molecule has 0 unspecified atom stereocenters. The van der Waals surface area contributed by atoms with Gasteiger partial charge in [0, 0.05) is 12.3 Å². The second kappa shape index (κ2) is 11.7. The summed E-state index contributed by atoms with van der Waals surface area (Å²) in [6.07, 6.45) is 2.94. The van der Waals surface area contributed by atoms with Crippen LogP contribution in [0.15, 0.2) is 0 Å². The van der Waals surface area contributed by atoms with Gasteiger partial charge in [0.2, 0.25) is 0 Å². The standard InChI is InChI=1S/C6H12O.C2H5Cl/c1-3-4-5-6(2)7;1-2-3/h3-5H2,1-2H3;2H2,1H3. The molecule has 0 bridgehead atoms. The SMILES string of the molecule is CCCCC(C)=O.CCCl. The van der Waals surface area contributed by atoms with Gasteiger partial charge >= 0.3 is 0 Å². The Morgan fingerprint density at radius 3 is 1.90 bits per heavy atom. The maximum atomic E-state index is 10.2. The van der Waals surface area contributed by atoms with Crippen molar-refractivity contribution in [2.45, 2.75) is 40.0 Å². The number of alkyl halides is 1. The average molecular weight is 165 g/mol. The normalized spacial score (nSPS) is 8.00. The molecule has 0 aliphatic heterocycles. The second-order valence-corrected chi connectivity index (χ2v) is 2.61. The summed E-state index contributed by atoms with van der Waals surface area (Å²) in [5, 5.41) is 0. The third-order valence-corrected chi connectivity index (χ3v) is 0.882. The van der Waals surface area contributed by atoms with Crippen molar-refractivity contribution >= 4 is 17.4 Å². The van der Waals surface area contributed by atoms with E-state index in [2.05, 4.69) is 6.92 Å². The Balaban J connectivity index is 0. The van der Waals surface area contributed by atoms with Crippen LogP contribution in [0, 0.1) is 0 Å². The minimum Gasteiger partial charge on any atom is -0.300 e. The summed E-state index contributed by atoms with van der Waals surface area (Å²) in [5.41, 5.74) is 0. The van der Waals surface area contributed by atoms with Crippen molar-refractivity contribution in [3.63, 3.8) is 0 Å². The van der Waals surface area contributed by atoms with Gasteiger partial charge in [-0.15, -0.1) is 11.6 Å². The van der Waals surface area contributed by atoms with E-state index in [9.17, 15) is 4.79 Å². The molecule has 0 fully saturated rings. The summed E-state index contributed by atoms with van der Waals surface area (Å²) in [5.74, 6) is 1.03. The van der Waals surface area contributed by atoms with Crippen LogP contribution < -0.4 is 0 Å². The Morgan fingerprint density at radius 1 is 1.40 bits per heavy atom. The van der Waals surface area contributed by atoms with Crippen LogP contribution in [0.3, 0.4) is 0 Å². The first-order chi connectivity index (χ1) is 4.68. The zero-order valence-corrected chi connectivity index (χ0v) is 7.87. The smallest absolute Gasteiger partial charge is 0.129 e. The molecule has 0 spiro atoms. The summed E-state index contributed by atoms with van der Waals surface area (Å²) in [4.78, 5) is 10.2. The zero-order chi connectivity index (χ0) is 8.41. The van der Waals surface area contributed by atoms with E-state index in [-0.39, 0.29) is 0 Å². The van der Waals surface area contributed by atoms with Crippen molar-refractivity contribution in [1.82, 2.24) is 0 Å². The Bertz CT molecular complexity index is 71.7. The maximum absolute atomic E-state index is 10.2. The summed E-state index contributed by atoms with van der Waals surface area (Å²) in [6, 6.07) is 0. The van der Waals surface area contributed by atoms with Gasteiger partial charge in [-0.1, -0.05) is 20.3 Å². The van der Waals surface area contributed by atoms with E-state index in [1.165, 1.54) is 0 Å². The topological polar surface area (TPSA) is 17.1 Å². The van der Waals surface area contributed by atoms with Crippen LogP contribution in [-0.4, -0.2) is 11.7 Å². The van der Waals surface area contributed by atoms with E-state index in [0.717, 1.165) is 25.1 Å². The largest absolute Gasteiger partial charge is 0.300 e. The highest BCUT2D eigenvalue weighted by molar-refractivity contribution is 6.17. The third kappa shape index (κ3) is 24.6. The molecular formula is C8H17ClO. The van der Waals surface area contributed by atoms with Crippen LogP contribution in [0.1, 0.15) is 40.0 Å². The second-order valence-electron chi connectivity index (χ2n) is 2.07. The van der Waals surface area contributed by atoms with Gasteiger partial charge in [0.15, 0.2) is 0 Å². The molecule has 2 heteroatoms. The molecule has 10 heavy (non-hydrogen) atoms. The van der Waals surface area contributed by atoms with Crippen LogP contribution in [0.4, 0.5) is 0 Å². The van der Waals surface area contributed by atoms with Gasteiger partial charge in [-0.25, -0.2) is 0 Å². The molecule has 0 rings (SSSR count). The fourth-order valence-corrected chi connectivity index (χ4v) is 0.426. The monoisotopic (exact) mass is 164 g/mol. The number of carbonyl (C=O) groups is 1. The molecule has 0 atom stereocenters. The minimum atomic E-state index is 0.307. The van der Waals surface area contributed by atoms with E-state index in [1.807, 2.05) is 6.92 Å². The number of hydrogen-bond acceptors (Lipinski definition) is 1. The number of Topliss-reactive ketones (excluding diaryl/α,β-unsaturated/α-hetero) is 1. The first-order valence-electron chi connectivity index (χ1n) is 3.74. The number of carbonyl (C=O) groups excluding carboxylic acids is 1.